The van der Waals surface area contributed by atoms with Gasteiger partial charge in [-0.15, -0.1) is 0 Å². The summed E-state index contributed by atoms with van der Waals surface area (Å²) in [6.45, 7) is 4.17. The van der Waals surface area contributed by atoms with E-state index in [0.717, 1.165) is 11.3 Å². The Morgan fingerprint density at radius 1 is 1.10 bits per heavy atom. The summed E-state index contributed by atoms with van der Waals surface area (Å²) in [4.78, 5) is 16.2. The number of nitrogens with zero attached hydrogens (tertiary/aromatic N) is 1. The molecule has 0 spiro atoms. The Hall–Kier alpha value is -2.36. The van der Waals surface area contributed by atoms with Gasteiger partial charge in [-0.1, -0.05) is 26.0 Å². The summed E-state index contributed by atoms with van der Waals surface area (Å²) in [7, 11) is 1.64. The van der Waals surface area contributed by atoms with Crippen LogP contribution in [0.25, 0.3) is 0 Å². The molecule has 110 valence electrons. The van der Waals surface area contributed by atoms with Crippen LogP contribution in [0, 0.1) is 5.92 Å². The summed E-state index contributed by atoms with van der Waals surface area (Å²) >= 11 is 0. The van der Waals surface area contributed by atoms with E-state index in [0.29, 0.717) is 5.56 Å². The van der Waals surface area contributed by atoms with Crippen LogP contribution in [0.1, 0.15) is 35.8 Å². The molecule has 1 aromatic heterocycles. The molecule has 0 unspecified atom stereocenters. The van der Waals surface area contributed by atoms with E-state index in [1.807, 2.05) is 24.3 Å². The van der Waals surface area contributed by atoms with Crippen LogP contribution in [0.5, 0.6) is 5.75 Å². The van der Waals surface area contributed by atoms with Gasteiger partial charge in [-0.05, 0) is 35.7 Å². The number of aromatic nitrogens is 1. The fourth-order valence-corrected chi connectivity index (χ4v) is 2.17. The van der Waals surface area contributed by atoms with Gasteiger partial charge < -0.3 is 10.1 Å². The molecule has 0 aliphatic heterocycles. The van der Waals surface area contributed by atoms with Crippen LogP contribution in [0.15, 0.2) is 48.8 Å². The number of benzene rings is 1. The van der Waals surface area contributed by atoms with Crippen molar-refractivity contribution in [2.45, 2.75) is 19.9 Å². The number of methoxy groups -OCH3 is 1. The minimum atomic E-state index is -0.0908. The van der Waals surface area contributed by atoms with Crippen LogP contribution in [0.2, 0.25) is 0 Å². The van der Waals surface area contributed by atoms with E-state index in [9.17, 15) is 4.79 Å². The molecular weight excluding hydrogens is 264 g/mol. The maximum absolute atomic E-state index is 12.3. The molecule has 2 rings (SSSR count). The normalized spacial score (nSPS) is 12.0. The molecular formula is C17H20N2O2. The third kappa shape index (κ3) is 3.81. The Kier molecular flexibility index (Phi) is 4.93. The summed E-state index contributed by atoms with van der Waals surface area (Å²) in [6.07, 6.45) is 3.24. The number of amides is 1. The van der Waals surface area contributed by atoms with E-state index >= 15 is 0 Å². The Bertz CT molecular complexity index is 579. The van der Waals surface area contributed by atoms with Crippen LogP contribution >= 0.6 is 0 Å². The molecule has 1 aromatic carbocycles. The Morgan fingerprint density at radius 2 is 1.71 bits per heavy atom. The number of hydrogen-bond acceptors (Lipinski definition) is 3. The summed E-state index contributed by atoms with van der Waals surface area (Å²) < 4.78 is 5.17. The highest BCUT2D eigenvalue weighted by Gasteiger charge is 2.19. The largest absolute Gasteiger partial charge is 0.497 e. The highest BCUT2D eigenvalue weighted by Crippen LogP contribution is 2.24. The number of ether oxygens (including phenoxy) is 1. The second-order valence-electron chi connectivity index (χ2n) is 5.20. The van der Waals surface area contributed by atoms with Crippen molar-refractivity contribution in [2.75, 3.05) is 7.11 Å². The van der Waals surface area contributed by atoms with Gasteiger partial charge in [0.15, 0.2) is 0 Å². The van der Waals surface area contributed by atoms with Crippen molar-refractivity contribution < 1.29 is 9.53 Å². The second kappa shape index (κ2) is 6.88. The van der Waals surface area contributed by atoms with Crippen LogP contribution in [0.4, 0.5) is 0 Å². The molecule has 1 heterocycles. The first kappa shape index (κ1) is 15.0. The van der Waals surface area contributed by atoms with Gasteiger partial charge in [0, 0.05) is 18.0 Å². The van der Waals surface area contributed by atoms with E-state index < -0.39 is 0 Å². The van der Waals surface area contributed by atoms with Gasteiger partial charge in [0.1, 0.15) is 5.75 Å². The smallest absolute Gasteiger partial charge is 0.251 e. The third-order valence-electron chi connectivity index (χ3n) is 3.37. The fourth-order valence-electron chi connectivity index (χ4n) is 2.17. The fraction of sp³-hybridized carbons (Fsp3) is 0.294. The predicted molar refractivity (Wildman–Crippen MR) is 82.3 cm³/mol. The van der Waals surface area contributed by atoms with Gasteiger partial charge in [0.05, 0.1) is 13.2 Å². The van der Waals surface area contributed by atoms with Gasteiger partial charge in [0.2, 0.25) is 0 Å². The van der Waals surface area contributed by atoms with Gasteiger partial charge in [-0.3, -0.25) is 9.78 Å². The molecule has 2 aromatic rings. The van der Waals surface area contributed by atoms with Crippen LogP contribution in [-0.2, 0) is 0 Å². The van der Waals surface area contributed by atoms with Gasteiger partial charge in [-0.2, -0.15) is 0 Å². The average molecular weight is 284 g/mol. The Balaban J connectivity index is 2.17. The third-order valence-corrected chi connectivity index (χ3v) is 3.37. The summed E-state index contributed by atoms with van der Waals surface area (Å²) in [5.74, 6) is 0.998. The monoisotopic (exact) mass is 284 g/mol. The minimum absolute atomic E-state index is 0.0448. The van der Waals surface area contributed by atoms with Crippen molar-refractivity contribution in [3.8, 4) is 5.75 Å². The quantitative estimate of drug-likeness (QED) is 0.917. The SMILES string of the molecule is COc1ccc([C@@H](NC(=O)c2ccncc2)C(C)C)cc1. The van der Waals surface area contributed by atoms with Crippen LogP contribution in [0.3, 0.4) is 0 Å². The number of pyridine rings is 1. The Morgan fingerprint density at radius 3 is 2.24 bits per heavy atom. The molecule has 4 nitrogen and oxygen atoms in total. The van der Waals surface area contributed by atoms with Crippen LogP contribution in [-0.4, -0.2) is 18.0 Å². The first-order chi connectivity index (χ1) is 10.1. The predicted octanol–water partition coefficient (Wildman–Crippen LogP) is 3.22. The van der Waals surface area contributed by atoms with Crippen molar-refractivity contribution in [1.29, 1.82) is 0 Å². The van der Waals surface area contributed by atoms with E-state index in [1.54, 1.807) is 31.6 Å². The maximum atomic E-state index is 12.3. The summed E-state index contributed by atoms with van der Waals surface area (Å²) in [5, 5.41) is 3.08. The first-order valence-corrected chi connectivity index (χ1v) is 6.96. The molecule has 0 saturated carbocycles. The van der Waals surface area contributed by atoms with Crippen molar-refractivity contribution in [2.24, 2.45) is 5.92 Å². The number of carbonyl (C=O) groups excluding carboxylic acids is 1. The Labute approximate surface area is 125 Å². The van der Waals surface area contributed by atoms with Crippen molar-refractivity contribution in [3.05, 3.63) is 59.9 Å². The molecule has 0 radical (unpaired) electrons. The number of rotatable bonds is 5. The molecule has 21 heavy (non-hydrogen) atoms. The lowest BCUT2D eigenvalue weighted by Gasteiger charge is -2.23. The summed E-state index contributed by atoms with van der Waals surface area (Å²) in [6, 6.07) is 11.2. The molecule has 0 saturated heterocycles. The zero-order valence-corrected chi connectivity index (χ0v) is 12.5. The highest BCUT2D eigenvalue weighted by atomic mass is 16.5. The zero-order chi connectivity index (χ0) is 15.2. The highest BCUT2D eigenvalue weighted by molar-refractivity contribution is 5.94. The van der Waals surface area contributed by atoms with E-state index in [1.165, 1.54) is 0 Å². The number of hydrogen-bond donors (Lipinski definition) is 1. The summed E-state index contributed by atoms with van der Waals surface area (Å²) in [5.41, 5.74) is 1.68. The minimum Gasteiger partial charge on any atom is -0.497 e. The van der Waals surface area contributed by atoms with E-state index in [-0.39, 0.29) is 17.9 Å². The van der Waals surface area contributed by atoms with Gasteiger partial charge in [-0.25, -0.2) is 0 Å². The lowest BCUT2D eigenvalue weighted by Crippen LogP contribution is -2.31. The molecule has 1 N–H and O–H groups in total. The molecule has 0 aliphatic rings. The average Bonchev–Trinajstić information content (AvgIpc) is 2.53. The van der Waals surface area contributed by atoms with E-state index in [4.69, 9.17) is 4.74 Å². The molecule has 4 heteroatoms. The number of nitrogens with one attached hydrogen (secondary N) is 1. The van der Waals surface area contributed by atoms with E-state index in [2.05, 4.69) is 24.1 Å². The molecule has 1 atom stereocenters. The standard InChI is InChI=1S/C17H20N2O2/c1-12(2)16(13-4-6-15(21-3)7-5-13)19-17(20)14-8-10-18-11-9-14/h4-12,16H,1-3H3,(H,19,20)/t16-/m0/s1. The zero-order valence-electron chi connectivity index (χ0n) is 12.5. The molecule has 0 fully saturated rings. The second-order valence-corrected chi connectivity index (χ2v) is 5.20. The molecule has 1 amide bonds. The van der Waals surface area contributed by atoms with Crippen molar-refractivity contribution in [3.63, 3.8) is 0 Å². The topological polar surface area (TPSA) is 51.2 Å². The lowest BCUT2D eigenvalue weighted by molar-refractivity contribution is 0.0925. The lowest BCUT2D eigenvalue weighted by atomic mass is 9.95. The molecule has 0 aliphatic carbocycles. The van der Waals surface area contributed by atoms with Gasteiger partial charge >= 0.3 is 0 Å². The number of carbonyl (C=O) groups is 1. The van der Waals surface area contributed by atoms with Crippen molar-refractivity contribution in [1.82, 2.24) is 10.3 Å². The maximum Gasteiger partial charge on any atom is 0.251 e. The van der Waals surface area contributed by atoms with Crippen LogP contribution < -0.4 is 10.1 Å². The van der Waals surface area contributed by atoms with Crippen molar-refractivity contribution >= 4 is 5.91 Å². The first-order valence-electron chi connectivity index (χ1n) is 6.96. The van der Waals surface area contributed by atoms with Gasteiger partial charge in [0.25, 0.3) is 5.91 Å². The molecule has 0 bridgehead atoms.